The van der Waals surface area contributed by atoms with Crippen LogP contribution in [0.5, 0.6) is 0 Å². The highest BCUT2D eigenvalue weighted by atomic mass is 19.1. The number of benzene rings is 2. The minimum atomic E-state index is -0.962. The van der Waals surface area contributed by atoms with Crippen molar-refractivity contribution in [2.45, 2.75) is 45.8 Å². The van der Waals surface area contributed by atoms with Crippen LogP contribution >= 0.6 is 0 Å². The predicted octanol–water partition coefficient (Wildman–Crippen LogP) is 4.76. The van der Waals surface area contributed by atoms with Crippen LogP contribution in [0.4, 0.5) is 4.39 Å². The molecule has 1 aliphatic heterocycles. The fraction of sp³-hybridized carbons (Fsp3) is 0.370. The van der Waals surface area contributed by atoms with Crippen molar-refractivity contribution in [3.05, 3.63) is 52.9 Å². The van der Waals surface area contributed by atoms with Crippen LogP contribution in [0.15, 0.2) is 34.9 Å². The molecule has 1 aliphatic carbocycles. The second-order valence-corrected chi connectivity index (χ2v) is 9.93. The molecule has 0 spiro atoms. The summed E-state index contributed by atoms with van der Waals surface area (Å²) < 4.78 is 21.0. The van der Waals surface area contributed by atoms with Crippen LogP contribution in [0.2, 0.25) is 0 Å². The normalized spacial score (nSPS) is 16.6. The zero-order valence-electron chi connectivity index (χ0n) is 19.8. The van der Waals surface area contributed by atoms with Crippen molar-refractivity contribution in [2.24, 2.45) is 11.7 Å². The molecule has 4 aromatic rings. The van der Waals surface area contributed by atoms with Gasteiger partial charge >= 0.3 is 0 Å². The van der Waals surface area contributed by atoms with Gasteiger partial charge < -0.3 is 19.7 Å². The van der Waals surface area contributed by atoms with E-state index in [1.807, 2.05) is 26.0 Å². The molecule has 180 valence electrons. The van der Waals surface area contributed by atoms with Gasteiger partial charge in [0.15, 0.2) is 0 Å². The Morgan fingerprint density at radius 3 is 2.51 bits per heavy atom. The lowest BCUT2D eigenvalue weighted by Crippen LogP contribution is -2.51. The molecule has 2 aromatic heterocycles. The number of nitrogens with zero attached hydrogens (tertiary/aromatic N) is 3. The molecule has 8 heteroatoms. The van der Waals surface area contributed by atoms with Crippen LogP contribution in [0.25, 0.3) is 32.9 Å². The number of rotatable bonds is 5. The molecule has 0 atom stereocenters. The number of carbonyl (C=O) groups is 2. The predicted molar refractivity (Wildman–Crippen MR) is 131 cm³/mol. The average Bonchev–Trinajstić information content (AvgIpc) is 3.28. The Balaban J connectivity index is 1.61. The smallest absolute Gasteiger partial charge is 0.254 e. The van der Waals surface area contributed by atoms with Crippen molar-refractivity contribution in [1.82, 2.24) is 14.6 Å². The number of hydrogen-bond donors (Lipinski definition) is 1. The minimum Gasteiger partial charge on any atom is -0.366 e. The monoisotopic (exact) mass is 474 g/mol. The number of halogens is 1. The third kappa shape index (κ3) is 3.42. The summed E-state index contributed by atoms with van der Waals surface area (Å²) in [6.07, 6.45) is 2.60. The molecular formula is C27H27FN4O3. The van der Waals surface area contributed by atoms with Crippen LogP contribution in [0.1, 0.15) is 51.4 Å². The van der Waals surface area contributed by atoms with Crippen molar-refractivity contribution >= 4 is 33.6 Å². The van der Waals surface area contributed by atoms with E-state index in [4.69, 9.17) is 10.3 Å². The van der Waals surface area contributed by atoms with Crippen LogP contribution in [0.3, 0.4) is 0 Å². The lowest BCUT2D eigenvalue weighted by atomic mass is 9.85. The van der Waals surface area contributed by atoms with Gasteiger partial charge in [0.2, 0.25) is 5.91 Å². The SMILES string of the molecule is Cc1noc(C)c1-c1cc(C(N)=O)c2c3cc(C(=O)N4CC(F)C4)ccc3n(CC3CCC3)c2c1. The number of carbonyl (C=O) groups excluding carboxylic acids is 2. The van der Waals surface area contributed by atoms with Gasteiger partial charge in [0.1, 0.15) is 11.9 Å². The van der Waals surface area contributed by atoms with Gasteiger partial charge in [-0.25, -0.2) is 4.39 Å². The Labute approximate surface area is 201 Å². The van der Waals surface area contributed by atoms with Crippen molar-refractivity contribution < 1.29 is 18.5 Å². The number of fused-ring (bicyclic) bond motifs is 3. The van der Waals surface area contributed by atoms with E-state index < -0.39 is 12.1 Å². The summed E-state index contributed by atoms with van der Waals surface area (Å²) in [7, 11) is 0. The van der Waals surface area contributed by atoms with Crippen LogP contribution in [0, 0.1) is 19.8 Å². The molecule has 1 saturated heterocycles. The van der Waals surface area contributed by atoms with E-state index in [-0.39, 0.29) is 19.0 Å². The number of hydrogen-bond acceptors (Lipinski definition) is 4. The van der Waals surface area contributed by atoms with Crippen molar-refractivity contribution in [3.8, 4) is 11.1 Å². The Morgan fingerprint density at radius 1 is 1.14 bits per heavy atom. The quantitative estimate of drug-likeness (QED) is 0.451. The molecule has 1 saturated carbocycles. The molecule has 7 nitrogen and oxygen atoms in total. The molecular weight excluding hydrogens is 447 g/mol. The fourth-order valence-corrected chi connectivity index (χ4v) is 5.49. The van der Waals surface area contributed by atoms with Crippen LogP contribution in [-0.4, -0.2) is 45.7 Å². The average molecular weight is 475 g/mol. The fourth-order valence-electron chi connectivity index (χ4n) is 5.49. The summed E-state index contributed by atoms with van der Waals surface area (Å²) in [5, 5.41) is 5.63. The third-order valence-corrected chi connectivity index (χ3v) is 7.59. The van der Waals surface area contributed by atoms with Crippen LogP contribution < -0.4 is 5.73 Å². The summed E-state index contributed by atoms with van der Waals surface area (Å²) in [6.45, 7) is 4.79. The zero-order valence-corrected chi connectivity index (χ0v) is 19.8. The van der Waals surface area contributed by atoms with Crippen molar-refractivity contribution in [3.63, 3.8) is 0 Å². The Hall–Kier alpha value is -3.68. The molecule has 2 aromatic carbocycles. The molecule has 3 heterocycles. The van der Waals surface area contributed by atoms with Gasteiger partial charge in [-0.05, 0) is 68.5 Å². The van der Waals surface area contributed by atoms with E-state index in [2.05, 4.69) is 15.8 Å². The highest BCUT2D eigenvalue weighted by Crippen LogP contribution is 2.39. The molecule has 2 fully saturated rings. The first-order valence-electron chi connectivity index (χ1n) is 12.1. The van der Waals surface area contributed by atoms with E-state index in [0.29, 0.717) is 22.8 Å². The molecule has 35 heavy (non-hydrogen) atoms. The van der Waals surface area contributed by atoms with Gasteiger partial charge in [-0.3, -0.25) is 9.59 Å². The number of likely N-dealkylation sites (tertiary alicyclic amines) is 1. The largest absolute Gasteiger partial charge is 0.366 e. The first kappa shape index (κ1) is 21.8. The molecule has 0 bridgehead atoms. The van der Waals surface area contributed by atoms with Gasteiger partial charge in [-0.15, -0.1) is 0 Å². The van der Waals surface area contributed by atoms with Gasteiger partial charge in [0.05, 0.1) is 24.3 Å². The maximum atomic E-state index is 13.4. The van der Waals surface area contributed by atoms with E-state index in [1.54, 1.807) is 12.1 Å². The first-order valence-corrected chi connectivity index (χ1v) is 12.1. The molecule has 2 aliphatic rings. The molecule has 2 amide bonds. The van der Waals surface area contributed by atoms with E-state index >= 15 is 0 Å². The second-order valence-electron chi connectivity index (χ2n) is 9.93. The summed E-state index contributed by atoms with van der Waals surface area (Å²) >= 11 is 0. The maximum Gasteiger partial charge on any atom is 0.254 e. The number of nitrogens with two attached hydrogens (primary N) is 1. The Morgan fingerprint density at radius 2 is 1.91 bits per heavy atom. The topological polar surface area (TPSA) is 94.4 Å². The number of aryl methyl sites for hydroxylation is 2. The summed E-state index contributed by atoms with van der Waals surface area (Å²) in [6, 6.07) is 9.42. The van der Waals surface area contributed by atoms with Gasteiger partial charge in [-0.1, -0.05) is 11.6 Å². The Kier molecular flexibility index (Phi) is 4.95. The van der Waals surface area contributed by atoms with Gasteiger partial charge in [0, 0.05) is 39.5 Å². The van der Waals surface area contributed by atoms with Crippen molar-refractivity contribution in [2.75, 3.05) is 13.1 Å². The minimum absolute atomic E-state index is 0.119. The maximum absolute atomic E-state index is 13.4. The van der Waals surface area contributed by atoms with Crippen molar-refractivity contribution in [1.29, 1.82) is 0 Å². The number of amides is 2. The molecule has 6 rings (SSSR count). The zero-order chi connectivity index (χ0) is 24.4. The lowest BCUT2D eigenvalue weighted by molar-refractivity contribution is 0.0400. The highest BCUT2D eigenvalue weighted by molar-refractivity contribution is 6.20. The Bertz CT molecular complexity index is 1490. The number of aromatic nitrogens is 2. The summed E-state index contributed by atoms with van der Waals surface area (Å²) in [5.41, 5.74) is 11.1. The third-order valence-electron chi connectivity index (χ3n) is 7.59. The van der Waals surface area contributed by atoms with Crippen LogP contribution in [-0.2, 0) is 6.54 Å². The first-order chi connectivity index (χ1) is 16.8. The van der Waals surface area contributed by atoms with E-state index in [9.17, 15) is 14.0 Å². The van der Waals surface area contributed by atoms with Gasteiger partial charge in [-0.2, -0.15) is 0 Å². The molecule has 0 radical (unpaired) electrons. The number of alkyl halides is 1. The highest BCUT2D eigenvalue weighted by Gasteiger charge is 2.31. The van der Waals surface area contributed by atoms with E-state index in [1.165, 1.54) is 24.2 Å². The van der Waals surface area contributed by atoms with Gasteiger partial charge in [0.25, 0.3) is 5.91 Å². The summed E-state index contributed by atoms with van der Waals surface area (Å²) in [4.78, 5) is 27.2. The summed E-state index contributed by atoms with van der Waals surface area (Å²) in [5.74, 6) is 0.504. The number of primary amides is 1. The standard InChI is InChI=1S/C27H27FN4O3/c1-14-24(15(2)35-30-14)18-9-21(26(29)33)25-20-8-17(27(34)31-12-19(28)13-31)6-7-22(20)32(23(25)10-18)11-16-4-3-5-16/h6-10,16,19H,3-5,11-13H2,1-2H3,(H2,29,33). The lowest BCUT2D eigenvalue weighted by Gasteiger charge is -2.34. The molecule has 0 unspecified atom stereocenters. The molecule has 2 N–H and O–H groups in total. The second kappa shape index (κ2) is 7.93. The van der Waals surface area contributed by atoms with E-state index in [0.717, 1.165) is 45.2 Å².